The average molecular weight is 177 g/mol. The van der Waals surface area contributed by atoms with Crippen LogP contribution in [-0.2, 0) is 6.42 Å². The molecule has 0 aliphatic heterocycles. The first-order valence-electron chi connectivity index (χ1n) is 4.04. The first-order chi connectivity index (χ1) is 6.26. The molecule has 0 amide bonds. The second-order valence-electron chi connectivity index (χ2n) is 2.85. The Labute approximate surface area is 76.9 Å². The quantitative estimate of drug-likeness (QED) is 0.704. The molecule has 0 unspecified atom stereocenters. The summed E-state index contributed by atoms with van der Waals surface area (Å²) < 4.78 is 0. The van der Waals surface area contributed by atoms with E-state index in [2.05, 4.69) is 0 Å². The van der Waals surface area contributed by atoms with E-state index in [1.165, 1.54) is 0 Å². The predicted octanol–water partition coefficient (Wildman–Crippen LogP) is 0.454. The third kappa shape index (κ3) is 2.86. The molecule has 1 rings (SSSR count). The van der Waals surface area contributed by atoms with Crippen molar-refractivity contribution >= 4 is 0 Å². The highest BCUT2D eigenvalue weighted by molar-refractivity contribution is 5.32. The molecule has 1 aromatic rings. The van der Waals surface area contributed by atoms with Crippen molar-refractivity contribution in [3.8, 4) is 6.07 Å². The summed E-state index contributed by atoms with van der Waals surface area (Å²) in [6.45, 7) is -0.253. The highest BCUT2D eigenvalue weighted by atomic mass is 16.3. The lowest BCUT2D eigenvalue weighted by Crippen LogP contribution is -2.14. The molecule has 0 saturated heterocycles. The first kappa shape index (κ1) is 9.72. The van der Waals surface area contributed by atoms with Crippen LogP contribution in [-0.4, -0.2) is 22.9 Å². The number of hydrogen-bond acceptors (Lipinski definition) is 3. The molecule has 0 aliphatic rings. The lowest BCUT2D eigenvalue weighted by atomic mass is 10.1. The molecule has 1 atom stereocenters. The van der Waals surface area contributed by atoms with E-state index in [1.807, 2.05) is 12.1 Å². The molecule has 0 fully saturated rings. The number of hydrogen-bond donors (Lipinski definition) is 2. The largest absolute Gasteiger partial charge is 0.394 e. The van der Waals surface area contributed by atoms with Gasteiger partial charge in [-0.25, -0.2) is 0 Å². The van der Waals surface area contributed by atoms with Crippen LogP contribution in [0.2, 0.25) is 0 Å². The predicted molar refractivity (Wildman–Crippen MR) is 48.0 cm³/mol. The van der Waals surface area contributed by atoms with Crippen molar-refractivity contribution in [2.24, 2.45) is 0 Å². The van der Waals surface area contributed by atoms with Gasteiger partial charge in [0.2, 0.25) is 0 Å². The van der Waals surface area contributed by atoms with Gasteiger partial charge in [0.15, 0.2) is 0 Å². The monoisotopic (exact) mass is 177 g/mol. The minimum absolute atomic E-state index is 0.253. The van der Waals surface area contributed by atoms with Gasteiger partial charge in [0, 0.05) is 6.42 Å². The van der Waals surface area contributed by atoms with Gasteiger partial charge in [-0.1, -0.05) is 12.1 Å². The average Bonchev–Trinajstić information content (AvgIpc) is 2.18. The van der Waals surface area contributed by atoms with Crippen LogP contribution in [0.5, 0.6) is 0 Å². The molecule has 68 valence electrons. The molecule has 0 aromatic heterocycles. The fourth-order valence-electron chi connectivity index (χ4n) is 1.10. The van der Waals surface area contributed by atoms with Gasteiger partial charge in [-0.05, 0) is 17.7 Å². The SMILES string of the molecule is N#Cc1cccc(C[C@H](O)CO)c1. The minimum atomic E-state index is -0.742. The van der Waals surface area contributed by atoms with Gasteiger partial charge in [0.05, 0.1) is 24.3 Å². The third-order valence-electron chi connectivity index (χ3n) is 1.74. The minimum Gasteiger partial charge on any atom is -0.394 e. The maximum absolute atomic E-state index is 9.14. The number of rotatable bonds is 3. The Morgan fingerprint density at radius 1 is 1.46 bits per heavy atom. The van der Waals surface area contributed by atoms with Crippen molar-refractivity contribution in [2.75, 3.05) is 6.61 Å². The van der Waals surface area contributed by atoms with Crippen molar-refractivity contribution in [3.05, 3.63) is 35.4 Å². The van der Waals surface area contributed by atoms with Crippen molar-refractivity contribution in [2.45, 2.75) is 12.5 Å². The first-order valence-corrected chi connectivity index (χ1v) is 4.04. The van der Waals surface area contributed by atoms with Crippen LogP contribution in [0.15, 0.2) is 24.3 Å². The molecule has 0 bridgehead atoms. The Morgan fingerprint density at radius 3 is 2.85 bits per heavy atom. The molecule has 2 N–H and O–H groups in total. The number of aliphatic hydroxyl groups is 2. The molecular weight excluding hydrogens is 166 g/mol. The van der Waals surface area contributed by atoms with Crippen LogP contribution in [0.1, 0.15) is 11.1 Å². The van der Waals surface area contributed by atoms with Crippen LogP contribution < -0.4 is 0 Å². The molecule has 13 heavy (non-hydrogen) atoms. The highest BCUT2D eigenvalue weighted by Crippen LogP contribution is 2.06. The Hall–Kier alpha value is -1.37. The third-order valence-corrected chi connectivity index (χ3v) is 1.74. The summed E-state index contributed by atoms with van der Waals surface area (Å²) in [5.41, 5.74) is 1.43. The molecule has 3 heteroatoms. The Bertz CT molecular complexity index is 317. The summed E-state index contributed by atoms with van der Waals surface area (Å²) in [7, 11) is 0. The van der Waals surface area contributed by atoms with Crippen molar-refractivity contribution < 1.29 is 10.2 Å². The summed E-state index contributed by atoms with van der Waals surface area (Å²) >= 11 is 0. The van der Waals surface area contributed by atoms with Gasteiger partial charge in [0.1, 0.15) is 0 Å². The van der Waals surface area contributed by atoms with Crippen molar-refractivity contribution in [3.63, 3.8) is 0 Å². The zero-order valence-electron chi connectivity index (χ0n) is 7.14. The molecular formula is C10H11NO2. The molecule has 0 saturated carbocycles. The molecule has 0 spiro atoms. The Kier molecular flexibility index (Phi) is 3.44. The van der Waals surface area contributed by atoms with E-state index in [0.717, 1.165) is 5.56 Å². The Morgan fingerprint density at radius 2 is 2.23 bits per heavy atom. The summed E-state index contributed by atoms with van der Waals surface area (Å²) in [5, 5.41) is 26.3. The zero-order valence-corrected chi connectivity index (χ0v) is 7.14. The highest BCUT2D eigenvalue weighted by Gasteiger charge is 2.03. The molecule has 3 nitrogen and oxygen atoms in total. The lowest BCUT2D eigenvalue weighted by Gasteiger charge is -2.06. The number of benzene rings is 1. The van der Waals surface area contributed by atoms with E-state index in [9.17, 15) is 0 Å². The lowest BCUT2D eigenvalue weighted by molar-refractivity contribution is 0.0955. The Balaban J connectivity index is 2.73. The van der Waals surface area contributed by atoms with Gasteiger partial charge < -0.3 is 10.2 Å². The maximum Gasteiger partial charge on any atom is 0.0991 e. The van der Waals surface area contributed by atoms with Gasteiger partial charge in [0.25, 0.3) is 0 Å². The van der Waals surface area contributed by atoms with E-state index in [4.69, 9.17) is 15.5 Å². The van der Waals surface area contributed by atoms with Gasteiger partial charge >= 0.3 is 0 Å². The number of aliphatic hydroxyl groups excluding tert-OH is 2. The van der Waals surface area contributed by atoms with Crippen molar-refractivity contribution in [1.29, 1.82) is 5.26 Å². The molecule has 1 aromatic carbocycles. The van der Waals surface area contributed by atoms with E-state index in [-0.39, 0.29) is 6.61 Å². The summed E-state index contributed by atoms with van der Waals surface area (Å²) in [4.78, 5) is 0. The summed E-state index contributed by atoms with van der Waals surface area (Å²) in [6, 6.07) is 9.01. The van der Waals surface area contributed by atoms with Crippen LogP contribution in [0.4, 0.5) is 0 Å². The standard InChI is InChI=1S/C10H11NO2/c11-6-9-3-1-2-8(4-9)5-10(13)7-12/h1-4,10,12-13H,5,7H2/t10-/m0/s1. The number of nitrogens with zero attached hydrogens (tertiary/aromatic N) is 1. The second-order valence-corrected chi connectivity index (χ2v) is 2.85. The fraction of sp³-hybridized carbons (Fsp3) is 0.300. The van der Waals surface area contributed by atoms with Crippen LogP contribution in [0, 0.1) is 11.3 Å². The number of nitriles is 1. The van der Waals surface area contributed by atoms with Crippen LogP contribution in [0.3, 0.4) is 0 Å². The van der Waals surface area contributed by atoms with Gasteiger partial charge in [-0.3, -0.25) is 0 Å². The summed E-state index contributed by atoms with van der Waals surface area (Å²) in [6.07, 6.45) is -0.361. The fourth-order valence-corrected chi connectivity index (χ4v) is 1.10. The van der Waals surface area contributed by atoms with Crippen LogP contribution >= 0.6 is 0 Å². The maximum atomic E-state index is 9.14. The van der Waals surface area contributed by atoms with E-state index in [1.54, 1.807) is 18.2 Å². The smallest absolute Gasteiger partial charge is 0.0991 e. The molecule has 0 aliphatic carbocycles. The van der Waals surface area contributed by atoms with Crippen molar-refractivity contribution in [1.82, 2.24) is 0 Å². The summed E-state index contributed by atoms with van der Waals surface area (Å²) in [5.74, 6) is 0. The normalized spacial score (nSPS) is 12.1. The van der Waals surface area contributed by atoms with Gasteiger partial charge in [-0.15, -0.1) is 0 Å². The zero-order chi connectivity index (χ0) is 9.68. The van der Waals surface area contributed by atoms with E-state index >= 15 is 0 Å². The topological polar surface area (TPSA) is 64.2 Å². The molecule has 0 radical (unpaired) electrons. The van der Waals surface area contributed by atoms with Crippen LogP contribution in [0.25, 0.3) is 0 Å². The second kappa shape index (κ2) is 4.61. The van der Waals surface area contributed by atoms with E-state index in [0.29, 0.717) is 12.0 Å². The van der Waals surface area contributed by atoms with E-state index < -0.39 is 6.10 Å². The van der Waals surface area contributed by atoms with Gasteiger partial charge in [-0.2, -0.15) is 5.26 Å². The molecule has 0 heterocycles.